The lowest BCUT2D eigenvalue weighted by atomic mass is 10.0. The molecule has 136 valence electrons. The maximum atomic E-state index is 12.2. The number of nitrogens with zero attached hydrogens (tertiary/aromatic N) is 5. The molecule has 0 fully saturated rings. The Morgan fingerprint density at radius 3 is 2.85 bits per heavy atom. The van der Waals surface area contributed by atoms with E-state index >= 15 is 0 Å². The molecule has 8 heteroatoms. The zero-order chi connectivity index (χ0) is 18.8. The second-order valence-corrected chi connectivity index (χ2v) is 6.03. The van der Waals surface area contributed by atoms with Crippen LogP contribution in [0.2, 0.25) is 0 Å². The number of anilines is 1. The molecule has 3 aromatic heterocycles. The number of pyridine rings is 1. The topological polar surface area (TPSA) is 86.9 Å². The zero-order valence-electron chi connectivity index (χ0n) is 15.0. The van der Waals surface area contributed by atoms with E-state index in [-0.39, 0.29) is 12.5 Å². The summed E-state index contributed by atoms with van der Waals surface area (Å²) in [6, 6.07) is 9.48. The standard InChI is InChI=1S/C19H18N6O2/c1-24-17(7-9-21-24)23-18(26)12-25-11-13(10-22-25)14-5-6-16(27-2)19-15(14)4-3-8-20-19/h3-11H,12H2,1-2H3,(H,23,26). The second kappa shape index (κ2) is 6.91. The molecule has 0 saturated carbocycles. The Labute approximate surface area is 155 Å². The van der Waals surface area contributed by atoms with Crippen LogP contribution in [0.4, 0.5) is 5.82 Å². The molecule has 0 saturated heterocycles. The summed E-state index contributed by atoms with van der Waals surface area (Å²) < 4.78 is 8.60. The van der Waals surface area contributed by atoms with Crippen molar-refractivity contribution in [2.24, 2.45) is 7.05 Å². The van der Waals surface area contributed by atoms with E-state index < -0.39 is 0 Å². The first-order chi connectivity index (χ1) is 13.2. The number of ether oxygens (including phenoxy) is 1. The van der Waals surface area contributed by atoms with Crippen LogP contribution in [0.3, 0.4) is 0 Å². The van der Waals surface area contributed by atoms with Gasteiger partial charge >= 0.3 is 0 Å². The molecule has 4 aromatic rings. The van der Waals surface area contributed by atoms with Gasteiger partial charge in [-0.1, -0.05) is 6.07 Å². The Morgan fingerprint density at radius 1 is 1.19 bits per heavy atom. The summed E-state index contributed by atoms with van der Waals surface area (Å²) >= 11 is 0. The van der Waals surface area contributed by atoms with Crippen molar-refractivity contribution in [3.63, 3.8) is 0 Å². The molecular formula is C19H18N6O2. The number of fused-ring (bicyclic) bond motifs is 1. The number of methoxy groups -OCH3 is 1. The van der Waals surface area contributed by atoms with E-state index in [1.54, 1.807) is 48.2 Å². The number of carbonyl (C=O) groups excluding carboxylic acids is 1. The summed E-state index contributed by atoms with van der Waals surface area (Å²) in [5.41, 5.74) is 2.68. The lowest BCUT2D eigenvalue weighted by Crippen LogP contribution is -2.20. The Kier molecular flexibility index (Phi) is 4.29. The Bertz CT molecular complexity index is 1110. The van der Waals surface area contributed by atoms with Crippen molar-refractivity contribution in [3.05, 3.63) is 55.1 Å². The fourth-order valence-corrected chi connectivity index (χ4v) is 2.98. The van der Waals surface area contributed by atoms with Crippen LogP contribution in [-0.4, -0.2) is 37.6 Å². The van der Waals surface area contributed by atoms with Gasteiger partial charge in [0.25, 0.3) is 0 Å². The summed E-state index contributed by atoms with van der Waals surface area (Å²) in [6.07, 6.45) is 6.95. The van der Waals surface area contributed by atoms with Crippen LogP contribution in [-0.2, 0) is 18.4 Å². The van der Waals surface area contributed by atoms with Crippen molar-refractivity contribution >= 4 is 22.6 Å². The van der Waals surface area contributed by atoms with Crippen LogP contribution in [0.15, 0.2) is 55.1 Å². The van der Waals surface area contributed by atoms with Crippen LogP contribution in [0, 0.1) is 0 Å². The average Bonchev–Trinajstić information content (AvgIpc) is 3.30. The predicted octanol–water partition coefficient (Wildman–Crippen LogP) is 2.48. The van der Waals surface area contributed by atoms with E-state index in [0.717, 1.165) is 27.8 Å². The summed E-state index contributed by atoms with van der Waals surface area (Å²) in [7, 11) is 3.40. The van der Waals surface area contributed by atoms with Crippen molar-refractivity contribution in [3.8, 4) is 16.9 Å². The average molecular weight is 362 g/mol. The molecule has 3 heterocycles. The van der Waals surface area contributed by atoms with Crippen LogP contribution in [0.25, 0.3) is 22.0 Å². The number of hydrogen-bond donors (Lipinski definition) is 1. The van der Waals surface area contributed by atoms with E-state index in [1.807, 2.05) is 30.5 Å². The Hall–Kier alpha value is -3.68. The quantitative estimate of drug-likeness (QED) is 0.589. The summed E-state index contributed by atoms with van der Waals surface area (Å²) in [5, 5.41) is 12.1. The number of nitrogens with one attached hydrogen (secondary N) is 1. The smallest absolute Gasteiger partial charge is 0.247 e. The number of benzene rings is 1. The first-order valence-corrected chi connectivity index (χ1v) is 8.38. The van der Waals surface area contributed by atoms with Crippen molar-refractivity contribution in [2.75, 3.05) is 12.4 Å². The van der Waals surface area contributed by atoms with Gasteiger partial charge in [0, 0.05) is 36.5 Å². The molecule has 0 unspecified atom stereocenters. The maximum absolute atomic E-state index is 12.2. The number of hydrogen-bond acceptors (Lipinski definition) is 5. The SMILES string of the molecule is COc1ccc(-c2cnn(CC(=O)Nc3ccnn3C)c2)c2cccnc12. The number of carbonyl (C=O) groups is 1. The minimum atomic E-state index is -0.172. The molecule has 1 amide bonds. The van der Waals surface area contributed by atoms with Crippen LogP contribution in [0.5, 0.6) is 5.75 Å². The number of amides is 1. The third kappa shape index (κ3) is 3.24. The molecule has 1 aromatic carbocycles. The van der Waals surface area contributed by atoms with Crippen LogP contribution >= 0.6 is 0 Å². The molecule has 1 N–H and O–H groups in total. The van der Waals surface area contributed by atoms with Crippen molar-refractivity contribution in [1.29, 1.82) is 0 Å². The van der Waals surface area contributed by atoms with E-state index in [0.29, 0.717) is 5.82 Å². The van der Waals surface area contributed by atoms with Gasteiger partial charge in [-0.15, -0.1) is 0 Å². The van der Waals surface area contributed by atoms with Gasteiger partial charge in [-0.2, -0.15) is 10.2 Å². The maximum Gasteiger partial charge on any atom is 0.247 e. The van der Waals surface area contributed by atoms with Crippen LogP contribution in [0.1, 0.15) is 0 Å². The molecule has 8 nitrogen and oxygen atoms in total. The van der Waals surface area contributed by atoms with E-state index in [9.17, 15) is 4.79 Å². The summed E-state index contributed by atoms with van der Waals surface area (Å²) in [4.78, 5) is 16.7. The van der Waals surface area contributed by atoms with Gasteiger partial charge in [-0.3, -0.25) is 19.1 Å². The molecule has 0 radical (unpaired) electrons. The Morgan fingerprint density at radius 2 is 2.07 bits per heavy atom. The third-order valence-electron chi connectivity index (χ3n) is 4.29. The highest BCUT2D eigenvalue weighted by molar-refractivity contribution is 5.97. The molecule has 0 bridgehead atoms. The minimum Gasteiger partial charge on any atom is -0.494 e. The lowest BCUT2D eigenvalue weighted by molar-refractivity contribution is -0.116. The first kappa shape index (κ1) is 16.8. The monoisotopic (exact) mass is 362 g/mol. The molecule has 0 aliphatic rings. The third-order valence-corrected chi connectivity index (χ3v) is 4.29. The molecule has 0 spiro atoms. The van der Waals surface area contributed by atoms with Gasteiger partial charge < -0.3 is 10.1 Å². The molecule has 27 heavy (non-hydrogen) atoms. The fourth-order valence-electron chi connectivity index (χ4n) is 2.98. The minimum absolute atomic E-state index is 0.109. The van der Waals surface area contributed by atoms with Gasteiger partial charge in [-0.05, 0) is 23.8 Å². The first-order valence-electron chi connectivity index (χ1n) is 8.38. The zero-order valence-corrected chi connectivity index (χ0v) is 15.0. The van der Waals surface area contributed by atoms with Gasteiger partial charge in [-0.25, -0.2) is 0 Å². The highest BCUT2D eigenvalue weighted by Gasteiger charge is 2.12. The fraction of sp³-hybridized carbons (Fsp3) is 0.158. The van der Waals surface area contributed by atoms with Crippen LogP contribution < -0.4 is 10.1 Å². The number of aromatic nitrogens is 5. The second-order valence-electron chi connectivity index (χ2n) is 6.03. The van der Waals surface area contributed by atoms with Gasteiger partial charge in [0.15, 0.2) is 0 Å². The van der Waals surface area contributed by atoms with Crippen molar-refractivity contribution in [2.45, 2.75) is 6.54 Å². The molecule has 4 rings (SSSR count). The largest absolute Gasteiger partial charge is 0.494 e. The lowest BCUT2D eigenvalue weighted by Gasteiger charge is -2.08. The Balaban J connectivity index is 1.59. The molecule has 0 atom stereocenters. The van der Waals surface area contributed by atoms with Crippen molar-refractivity contribution < 1.29 is 9.53 Å². The highest BCUT2D eigenvalue weighted by Crippen LogP contribution is 2.32. The van der Waals surface area contributed by atoms with Crippen molar-refractivity contribution in [1.82, 2.24) is 24.5 Å². The van der Waals surface area contributed by atoms with E-state index in [2.05, 4.69) is 20.5 Å². The van der Waals surface area contributed by atoms with Gasteiger partial charge in [0.1, 0.15) is 23.6 Å². The summed E-state index contributed by atoms with van der Waals surface area (Å²) in [6.45, 7) is 0.109. The normalized spacial score (nSPS) is 10.9. The highest BCUT2D eigenvalue weighted by atomic mass is 16.5. The molecular weight excluding hydrogens is 344 g/mol. The van der Waals surface area contributed by atoms with E-state index in [4.69, 9.17) is 4.74 Å². The van der Waals surface area contributed by atoms with Gasteiger partial charge in [0.2, 0.25) is 5.91 Å². The molecule has 0 aliphatic carbocycles. The number of aryl methyl sites for hydroxylation is 1. The summed E-state index contributed by atoms with van der Waals surface area (Å²) in [5.74, 6) is 1.19. The van der Waals surface area contributed by atoms with E-state index in [1.165, 1.54) is 0 Å². The number of rotatable bonds is 5. The predicted molar refractivity (Wildman–Crippen MR) is 101 cm³/mol. The van der Waals surface area contributed by atoms with Gasteiger partial charge in [0.05, 0.1) is 19.5 Å². The molecule has 0 aliphatic heterocycles.